The van der Waals surface area contributed by atoms with Crippen molar-refractivity contribution in [3.05, 3.63) is 27.7 Å². The second-order valence-corrected chi connectivity index (χ2v) is 4.15. The molecule has 0 saturated heterocycles. The van der Waals surface area contributed by atoms with E-state index in [4.69, 9.17) is 14.7 Å². The van der Waals surface area contributed by atoms with Gasteiger partial charge in [-0.3, -0.25) is 4.79 Å². The molecule has 0 saturated carbocycles. The number of carbonyl (C=O) groups excluding carboxylic acids is 1. The molecule has 0 aliphatic heterocycles. The summed E-state index contributed by atoms with van der Waals surface area (Å²) in [5.74, 6) is 0.0883. The van der Waals surface area contributed by atoms with Crippen molar-refractivity contribution in [2.24, 2.45) is 0 Å². The average molecular weight is 298 g/mol. The van der Waals surface area contributed by atoms with Gasteiger partial charge < -0.3 is 9.47 Å². The molecule has 0 bridgehead atoms. The molecule has 90 valence electrons. The topological polar surface area (TPSA) is 59.3 Å². The molecule has 1 rings (SSSR count). The molecular weight excluding hydrogens is 286 g/mol. The fourth-order valence-electron chi connectivity index (χ4n) is 1.43. The number of halogens is 1. The molecule has 17 heavy (non-hydrogen) atoms. The first kappa shape index (κ1) is 13.5. The van der Waals surface area contributed by atoms with Gasteiger partial charge in [-0.1, -0.05) is 15.9 Å². The molecular formula is C12H12BrNO3. The Balaban J connectivity index is 3.10. The van der Waals surface area contributed by atoms with Crippen LogP contribution >= 0.6 is 15.9 Å². The Labute approximate surface area is 108 Å². The Hall–Kier alpha value is -1.54. The van der Waals surface area contributed by atoms with Crippen molar-refractivity contribution in [2.45, 2.75) is 13.3 Å². The molecule has 1 aromatic carbocycles. The van der Waals surface area contributed by atoms with E-state index in [1.54, 1.807) is 19.1 Å². The minimum absolute atomic E-state index is 0.0620. The van der Waals surface area contributed by atoms with Gasteiger partial charge in [-0.15, -0.1) is 0 Å². The van der Waals surface area contributed by atoms with E-state index in [0.29, 0.717) is 23.5 Å². The number of rotatable bonds is 4. The number of nitriles is 1. The minimum Gasteiger partial charge on any atom is -0.495 e. The first-order valence-corrected chi connectivity index (χ1v) is 5.83. The van der Waals surface area contributed by atoms with Crippen LogP contribution < -0.4 is 4.74 Å². The maximum Gasteiger partial charge on any atom is 0.310 e. The summed E-state index contributed by atoms with van der Waals surface area (Å²) in [6.07, 6.45) is 0.0620. The molecule has 0 atom stereocenters. The van der Waals surface area contributed by atoms with Gasteiger partial charge in [-0.25, -0.2) is 0 Å². The number of ether oxygens (including phenoxy) is 2. The number of methoxy groups -OCH3 is 1. The number of nitrogens with zero attached hydrogens (tertiary/aromatic N) is 1. The molecule has 0 N–H and O–H groups in total. The minimum atomic E-state index is -0.357. The molecule has 0 radical (unpaired) electrons. The summed E-state index contributed by atoms with van der Waals surface area (Å²) in [5, 5.41) is 9.07. The molecule has 0 aliphatic carbocycles. The number of hydrogen-bond acceptors (Lipinski definition) is 4. The van der Waals surface area contributed by atoms with E-state index in [1.807, 2.05) is 6.07 Å². The Morgan fingerprint density at radius 1 is 1.53 bits per heavy atom. The molecule has 0 heterocycles. The third-order valence-electron chi connectivity index (χ3n) is 2.12. The molecule has 0 fully saturated rings. The SMILES string of the molecule is CCOC(=O)Cc1cc(Br)cc(OC)c1C#N. The summed E-state index contributed by atoms with van der Waals surface area (Å²) >= 11 is 3.30. The normalized spacial score (nSPS) is 9.53. The second kappa shape index (κ2) is 6.26. The number of hydrogen-bond donors (Lipinski definition) is 0. The fraction of sp³-hybridized carbons (Fsp3) is 0.333. The molecule has 1 aromatic rings. The maximum absolute atomic E-state index is 11.4. The van der Waals surface area contributed by atoms with Crippen LogP contribution in [0.5, 0.6) is 5.75 Å². The van der Waals surface area contributed by atoms with Gasteiger partial charge in [-0.2, -0.15) is 5.26 Å². The first-order chi connectivity index (χ1) is 8.12. The third-order valence-corrected chi connectivity index (χ3v) is 2.58. The highest BCUT2D eigenvalue weighted by Crippen LogP contribution is 2.27. The fourth-order valence-corrected chi connectivity index (χ4v) is 1.92. The first-order valence-electron chi connectivity index (χ1n) is 5.04. The molecule has 0 amide bonds. The van der Waals surface area contributed by atoms with Crippen molar-refractivity contribution in [3.8, 4) is 11.8 Å². The van der Waals surface area contributed by atoms with E-state index >= 15 is 0 Å². The van der Waals surface area contributed by atoms with Crippen LogP contribution in [0.1, 0.15) is 18.1 Å². The summed E-state index contributed by atoms with van der Waals surface area (Å²) < 4.78 is 10.7. The highest BCUT2D eigenvalue weighted by Gasteiger charge is 2.14. The predicted octanol–water partition coefficient (Wildman–Crippen LogP) is 2.43. The van der Waals surface area contributed by atoms with Crippen LogP contribution in [0.15, 0.2) is 16.6 Å². The summed E-state index contributed by atoms with van der Waals surface area (Å²) in [6.45, 7) is 2.07. The quantitative estimate of drug-likeness (QED) is 0.801. The molecule has 0 spiro atoms. The second-order valence-electron chi connectivity index (χ2n) is 3.24. The van der Waals surface area contributed by atoms with Gasteiger partial charge >= 0.3 is 5.97 Å². The van der Waals surface area contributed by atoms with Crippen molar-refractivity contribution >= 4 is 21.9 Å². The lowest BCUT2D eigenvalue weighted by atomic mass is 10.0. The molecule has 0 aliphatic rings. The van der Waals surface area contributed by atoms with Gasteiger partial charge in [0.2, 0.25) is 0 Å². The van der Waals surface area contributed by atoms with Crippen molar-refractivity contribution in [2.75, 3.05) is 13.7 Å². The van der Waals surface area contributed by atoms with Crippen molar-refractivity contribution in [1.29, 1.82) is 5.26 Å². The lowest BCUT2D eigenvalue weighted by Crippen LogP contribution is -2.09. The van der Waals surface area contributed by atoms with Gasteiger partial charge in [0.15, 0.2) is 0 Å². The number of carbonyl (C=O) groups is 1. The van der Waals surface area contributed by atoms with Gasteiger partial charge in [0.25, 0.3) is 0 Å². The predicted molar refractivity (Wildman–Crippen MR) is 65.7 cm³/mol. The van der Waals surface area contributed by atoms with Crippen LogP contribution in [-0.4, -0.2) is 19.7 Å². The van der Waals surface area contributed by atoms with Crippen LogP contribution in [0, 0.1) is 11.3 Å². The summed E-state index contributed by atoms with van der Waals surface area (Å²) in [7, 11) is 1.48. The zero-order chi connectivity index (χ0) is 12.8. The lowest BCUT2D eigenvalue weighted by molar-refractivity contribution is -0.142. The molecule has 0 unspecified atom stereocenters. The van der Waals surface area contributed by atoms with Gasteiger partial charge in [-0.05, 0) is 24.6 Å². The Morgan fingerprint density at radius 3 is 2.76 bits per heavy atom. The summed E-state index contributed by atoms with van der Waals surface area (Å²) in [6, 6.07) is 5.44. The van der Waals surface area contributed by atoms with E-state index in [-0.39, 0.29) is 12.4 Å². The van der Waals surface area contributed by atoms with Crippen molar-refractivity contribution in [1.82, 2.24) is 0 Å². The van der Waals surface area contributed by atoms with E-state index in [2.05, 4.69) is 15.9 Å². The van der Waals surface area contributed by atoms with Crippen LogP contribution in [0.25, 0.3) is 0 Å². The van der Waals surface area contributed by atoms with E-state index in [1.165, 1.54) is 7.11 Å². The average Bonchev–Trinajstić information content (AvgIpc) is 2.28. The van der Waals surface area contributed by atoms with E-state index < -0.39 is 0 Å². The van der Waals surface area contributed by atoms with E-state index in [0.717, 1.165) is 4.47 Å². The molecule has 5 heteroatoms. The summed E-state index contributed by atoms with van der Waals surface area (Å²) in [4.78, 5) is 11.4. The Morgan fingerprint density at radius 2 is 2.24 bits per heavy atom. The molecule has 4 nitrogen and oxygen atoms in total. The van der Waals surface area contributed by atoms with Crippen LogP contribution in [0.3, 0.4) is 0 Å². The lowest BCUT2D eigenvalue weighted by Gasteiger charge is -2.09. The monoisotopic (exact) mass is 297 g/mol. The third kappa shape index (κ3) is 3.46. The van der Waals surface area contributed by atoms with Crippen LogP contribution in [0.4, 0.5) is 0 Å². The zero-order valence-corrected chi connectivity index (χ0v) is 11.2. The number of benzene rings is 1. The standard InChI is InChI=1S/C12H12BrNO3/c1-3-17-12(15)5-8-4-9(13)6-11(16-2)10(8)7-14/h4,6H,3,5H2,1-2H3. The Bertz CT molecular complexity index is 466. The van der Waals surface area contributed by atoms with Gasteiger partial charge in [0.05, 0.1) is 25.7 Å². The maximum atomic E-state index is 11.4. The molecule has 0 aromatic heterocycles. The zero-order valence-electron chi connectivity index (χ0n) is 9.62. The van der Waals surface area contributed by atoms with Crippen molar-refractivity contribution in [3.63, 3.8) is 0 Å². The van der Waals surface area contributed by atoms with Crippen LogP contribution in [-0.2, 0) is 16.0 Å². The highest BCUT2D eigenvalue weighted by molar-refractivity contribution is 9.10. The van der Waals surface area contributed by atoms with Gasteiger partial charge in [0, 0.05) is 4.47 Å². The Kier molecular flexibility index (Phi) is 4.98. The highest BCUT2D eigenvalue weighted by atomic mass is 79.9. The van der Waals surface area contributed by atoms with Gasteiger partial charge in [0.1, 0.15) is 11.8 Å². The summed E-state index contributed by atoms with van der Waals surface area (Å²) in [5.41, 5.74) is 0.959. The van der Waals surface area contributed by atoms with Crippen molar-refractivity contribution < 1.29 is 14.3 Å². The smallest absolute Gasteiger partial charge is 0.310 e. The number of esters is 1. The van der Waals surface area contributed by atoms with E-state index in [9.17, 15) is 4.79 Å². The van der Waals surface area contributed by atoms with Crippen LogP contribution in [0.2, 0.25) is 0 Å². The largest absolute Gasteiger partial charge is 0.495 e.